The molecule has 0 amide bonds. The summed E-state index contributed by atoms with van der Waals surface area (Å²) >= 11 is 0. The van der Waals surface area contributed by atoms with Crippen LogP contribution in [0.2, 0.25) is 0 Å². The van der Waals surface area contributed by atoms with Crippen LogP contribution in [0.3, 0.4) is 0 Å². The van der Waals surface area contributed by atoms with Crippen molar-refractivity contribution in [2.75, 3.05) is 0 Å². The number of benzene rings is 1. The predicted octanol–water partition coefficient (Wildman–Crippen LogP) is 3.05. The number of aromatic nitrogens is 1. The molecule has 0 aromatic rings. The van der Waals surface area contributed by atoms with Gasteiger partial charge >= 0.3 is 12.1 Å². The van der Waals surface area contributed by atoms with Gasteiger partial charge in [-0.05, 0) is 13.0 Å². The Bertz CT molecular complexity index is 764. The number of aromatic carboxylic acids is 1. The molecule has 0 aromatic heterocycles. The number of carboxylic acid groups (broad SMARTS) is 1. The van der Waals surface area contributed by atoms with Crippen molar-refractivity contribution in [2.45, 2.75) is 26.1 Å². The van der Waals surface area contributed by atoms with Gasteiger partial charge in [0.25, 0.3) is 0 Å². The van der Waals surface area contributed by atoms with Crippen LogP contribution in [0.1, 0.15) is 22.5 Å². The Morgan fingerprint density at radius 2 is 1.91 bits per heavy atom. The third kappa shape index (κ3) is 3.10. The zero-order chi connectivity index (χ0) is 16.7. The molecular formula is C14H11F4NO3. The van der Waals surface area contributed by atoms with Gasteiger partial charge in [-0.1, -0.05) is 0 Å². The molecule has 8 heteroatoms. The molecule has 1 aliphatic carbocycles. The van der Waals surface area contributed by atoms with Crippen molar-refractivity contribution in [3.63, 3.8) is 0 Å². The average molecular weight is 317 g/mol. The smallest absolute Gasteiger partial charge is 0.390 e. The van der Waals surface area contributed by atoms with Gasteiger partial charge in [0.2, 0.25) is 0 Å². The van der Waals surface area contributed by atoms with E-state index >= 15 is 0 Å². The van der Waals surface area contributed by atoms with Crippen molar-refractivity contribution < 1.29 is 27.5 Å². The first kappa shape index (κ1) is 16.0. The molecule has 0 fully saturated rings. The lowest BCUT2D eigenvalue weighted by molar-refractivity contribution is -0.136. The van der Waals surface area contributed by atoms with Crippen LogP contribution in [0.25, 0.3) is 11.1 Å². The highest BCUT2D eigenvalue weighted by Crippen LogP contribution is 2.30. The predicted molar refractivity (Wildman–Crippen MR) is 69.7 cm³/mol. The van der Waals surface area contributed by atoms with Gasteiger partial charge < -0.3 is 9.67 Å². The van der Waals surface area contributed by atoms with Crippen molar-refractivity contribution in [3.8, 4) is 11.1 Å². The molecule has 0 bridgehead atoms. The van der Waals surface area contributed by atoms with Gasteiger partial charge in [0.05, 0.1) is 12.0 Å². The van der Waals surface area contributed by atoms with Gasteiger partial charge in [-0.2, -0.15) is 13.2 Å². The van der Waals surface area contributed by atoms with Crippen molar-refractivity contribution in [1.82, 2.24) is 4.57 Å². The fourth-order valence-corrected chi connectivity index (χ4v) is 2.27. The molecule has 0 atom stereocenters. The number of rotatable bonds is 3. The van der Waals surface area contributed by atoms with Crippen molar-refractivity contribution in [2.24, 2.45) is 0 Å². The molecule has 1 aliphatic heterocycles. The number of halogens is 4. The summed E-state index contributed by atoms with van der Waals surface area (Å²) in [6, 6.07) is 1.63. The lowest BCUT2D eigenvalue weighted by atomic mass is 9.97. The Balaban J connectivity index is 2.69. The first-order chi connectivity index (χ1) is 10.1. The summed E-state index contributed by atoms with van der Waals surface area (Å²) in [6.45, 7) is 0.777. The second-order valence-electron chi connectivity index (χ2n) is 4.82. The molecule has 0 aromatic carbocycles. The molecule has 0 radical (unpaired) electrons. The lowest BCUT2D eigenvalue weighted by Gasteiger charge is -2.20. The molecule has 2 rings (SSSR count). The van der Waals surface area contributed by atoms with Crippen LogP contribution in [-0.2, 0) is 6.54 Å². The van der Waals surface area contributed by atoms with Gasteiger partial charge in [-0.15, -0.1) is 0 Å². The third-order valence-electron chi connectivity index (χ3n) is 3.30. The molecular weight excluding hydrogens is 306 g/mol. The number of aryl methyl sites for hydroxylation is 1. The monoisotopic (exact) mass is 317 g/mol. The van der Waals surface area contributed by atoms with Crippen LogP contribution in [-0.4, -0.2) is 21.8 Å². The number of alkyl halides is 3. The summed E-state index contributed by atoms with van der Waals surface area (Å²) in [5.41, 5.74) is -1.39. The van der Waals surface area contributed by atoms with E-state index in [-0.39, 0.29) is 22.4 Å². The topological polar surface area (TPSA) is 59.3 Å². The number of fused-ring (bicyclic) bond motifs is 1. The number of pyridine rings is 1. The molecule has 0 saturated carbocycles. The molecule has 22 heavy (non-hydrogen) atoms. The van der Waals surface area contributed by atoms with Gasteiger partial charge in [0, 0.05) is 35.6 Å². The van der Waals surface area contributed by atoms with Crippen LogP contribution in [0, 0.1) is 12.7 Å². The minimum atomic E-state index is -4.42. The van der Waals surface area contributed by atoms with Crippen LogP contribution >= 0.6 is 0 Å². The summed E-state index contributed by atoms with van der Waals surface area (Å²) in [7, 11) is 0. The quantitative estimate of drug-likeness (QED) is 0.885. The standard InChI is InChI=1S/C14H11F4NO3/c1-7-12(13(21)22)9-4-8(20)5-11(15)10(9)6-19(7)3-2-14(16,17)18/h4-6H,2-3H2,1H3,(H,21,22). The number of carboxylic acids is 1. The SMILES string of the molecule is Cc1c(C(=O)O)c2cc(=O)cc(F)c-2cn1CCC(F)(F)F. The molecule has 2 aliphatic rings. The molecule has 0 spiro atoms. The highest BCUT2D eigenvalue weighted by Gasteiger charge is 2.28. The zero-order valence-corrected chi connectivity index (χ0v) is 11.4. The molecule has 4 nitrogen and oxygen atoms in total. The molecule has 118 valence electrons. The Labute approximate surface area is 122 Å². The summed E-state index contributed by atoms with van der Waals surface area (Å²) < 4.78 is 51.9. The molecule has 1 heterocycles. The second-order valence-corrected chi connectivity index (χ2v) is 4.82. The van der Waals surface area contributed by atoms with E-state index in [0.29, 0.717) is 6.07 Å². The van der Waals surface area contributed by atoms with Crippen molar-refractivity contribution >= 4 is 5.97 Å². The van der Waals surface area contributed by atoms with Crippen LogP contribution in [0.5, 0.6) is 0 Å². The first-order valence-corrected chi connectivity index (χ1v) is 6.23. The van der Waals surface area contributed by atoms with Crippen LogP contribution < -0.4 is 5.43 Å². The number of carbonyl (C=O) groups is 1. The first-order valence-electron chi connectivity index (χ1n) is 6.23. The number of nitrogens with zero attached hydrogens (tertiary/aromatic N) is 1. The van der Waals surface area contributed by atoms with Crippen LogP contribution in [0.4, 0.5) is 17.6 Å². The minimum absolute atomic E-state index is 0.0225. The maximum atomic E-state index is 13.8. The van der Waals surface area contributed by atoms with E-state index in [0.717, 1.165) is 16.8 Å². The van der Waals surface area contributed by atoms with E-state index in [9.17, 15) is 32.3 Å². The molecule has 1 N–H and O–H groups in total. The minimum Gasteiger partial charge on any atom is -0.478 e. The lowest BCUT2D eigenvalue weighted by Crippen LogP contribution is -2.19. The zero-order valence-electron chi connectivity index (χ0n) is 11.4. The van der Waals surface area contributed by atoms with Gasteiger partial charge in [0.1, 0.15) is 5.82 Å². The largest absolute Gasteiger partial charge is 0.478 e. The molecule has 0 unspecified atom stereocenters. The Morgan fingerprint density at radius 1 is 1.27 bits per heavy atom. The van der Waals surface area contributed by atoms with Crippen molar-refractivity contribution in [1.29, 1.82) is 0 Å². The Hall–Kier alpha value is -2.38. The van der Waals surface area contributed by atoms with Crippen molar-refractivity contribution in [3.05, 3.63) is 45.6 Å². The van der Waals surface area contributed by atoms with E-state index in [1.165, 1.54) is 6.92 Å². The summed E-state index contributed by atoms with van der Waals surface area (Å²) in [5.74, 6) is -2.40. The van der Waals surface area contributed by atoms with E-state index in [2.05, 4.69) is 0 Å². The summed E-state index contributed by atoms with van der Waals surface area (Å²) in [5, 5.41) is 9.24. The van der Waals surface area contributed by atoms with E-state index in [1.807, 2.05) is 0 Å². The van der Waals surface area contributed by atoms with Gasteiger partial charge in [-0.3, -0.25) is 4.79 Å². The van der Waals surface area contributed by atoms with Gasteiger partial charge in [-0.25, -0.2) is 9.18 Å². The normalized spacial score (nSPS) is 11.9. The van der Waals surface area contributed by atoms with E-state index in [4.69, 9.17) is 0 Å². The van der Waals surface area contributed by atoms with Gasteiger partial charge in [0.15, 0.2) is 5.43 Å². The third-order valence-corrected chi connectivity index (χ3v) is 3.30. The highest BCUT2D eigenvalue weighted by atomic mass is 19.4. The summed E-state index contributed by atoms with van der Waals surface area (Å²) in [6.07, 6.45) is -4.50. The van der Waals surface area contributed by atoms with E-state index < -0.39 is 36.4 Å². The van der Waals surface area contributed by atoms with E-state index in [1.54, 1.807) is 0 Å². The van der Waals surface area contributed by atoms with Crippen LogP contribution in [0.15, 0.2) is 23.1 Å². The second kappa shape index (κ2) is 5.43. The fourth-order valence-electron chi connectivity index (χ4n) is 2.27. The molecule has 0 saturated heterocycles. The summed E-state index contributed by atoms with van der Waals surface area (Å²) in [4.78, 5) is 22.7. The fraction of sp³-hybridized carbons (Fsp3) is 0.286. The Morgan fingerprint density at radius 3 is 2.45 bits per heavy atom. The maximum Gasteiger partial charge on any atom is 0.390 e. The number of hydrogen-bond acceptors (Lipinski definition) is 2. The highest BCUT2D eigenvalue weighted by molar-refractivity contribution is 5.97. The Kier molecular flexibility index (Phi) is 3.95. The average Bonchev–Trinajstić information content (AvgIpc) is 2.34. The maximum absolute atomic E-state index is 13.8. The number of hydrogen-bond donors (Lipinski definition) is 1.